The van der Waals surface area contributed by atoms with E-state index in [1.807, 2.05) is 0 Å². The first-order chi connectivity index (χ1) is 12.7. The molecular weight excluding hydrogens is 402 g/mol. The summed E-state index contributed by atoms with van der Waals surface area (Å²) < 4.78 is 47.6. The van der Waals surface area contributed by atoms with Crippen LogP contribution in [-0.2, 0) is 14.6 Å². The molecule has 0 atom stereocenters. The van der Waals surface area contributed by atoms with Gasteiger partial charge in [0, 0.05) is 18.7 Å². The van der Waals surface area contributed by atoms with Crippen molar-refractivity contribution in [3.63, 3.8) is 0 Å². The van der Waals surface area contributed by atoms with Crippen molar-refractivity contribution in [2.24, 2.45) is 0 Å². The van der Waals surface area contributed by atoms with Gasteiger partial charge in [0.05, 0.1) is 15.5 Å². The van der Waals surface area contributed by atoms with E-state index in [4.69, 9.17) is 11.6 Å². The Labute approximate surface area is 159 Å². The molecule has 0 aliphatic heterocycles. The zero-order valence-electron chi connectivity index (χ0n) is 13.8. The van der Waals surface area contributed by atoms with Crippen molar-refractivity contribution in [3.05, 3.63) is 59.1 Å². The number of carbonyl (C=O) groups is 2. The highest BCUT2D eigenvalue weighted by Crippen LogP contribution is 2.20. The summed E-state index contributed by atoms with van der Waals surface area (Å²) in [6.07, 6.45) is -0.0483. The van der Waals surface area contributed by atoms with Crippen LogP contribution in [0.3, 0.4) is 0 Å². The van der Waals surface area contributed by atoms with E-state index < -0.39 is 32.3 Å². The van der Waals surface area contributed by atoms with Gasteiger partial charge in [-0.2, -0.15) is 8.78 Å². The minimum Gasteiger partial charge on any atom is -0.351 e. The Hall–Kier alpha value is -2.52. The number of hydrogen-bond donors (Lipinski definition) is 2. The molecule has 0 heterocycles. The topological polar surface area (TPSA) is 92.3 Å². The Balaban J connectivity index is 1.86. The maximum Gasteiger partial charge on any atom is 0.341 e. The summed E-state index contributed by atoms with van der Waals surface area (Å²) in [7, 11) is -4.68. The van der Waals surface area contributed by atoms with E-state index >= 15 is 0 Å². The predicted molar refractivity (Wildman–Crippen MR) is 96.7 cm³/mol. The molecule has 2 amide bonds. The number of carbonyl (C=O) groups excluding carboxylic acids is 2. The predicted octanol–water partition coefficient (Wildman–Crippen LogP) is 3.09. The summed E-state index contributed by atoms with van der Waals surface area (Å²) in [5, 5.41) is 5.32. The van der Waals surface area contributed by atoms with Crippen molar-refractivity contribution >= 4 is 38.9 Å². The van der Waals surface area contributed by atoms with Gasteiger partial charge in [-0.1, -0.05) is 23.7 Å². The number of benzene rings is 2. The first kappa shape index (κ1) is 20.8. The SMILES string of the molecule is O=C(CCNC(=O)c1ccccc1Cl)Nc1ccc(S(=O)(=O)C(F)F)cc1. The Morgan fingerprint density at radius 2 is 1.67 bits per heavy atom. The van der Waals surface area contributed by atoms with Crippen LogP contribution >= 0.6 is 11.6 Å². The molecule has 0 aliphatic carbocycles. The summed E-state index contributed by atoms with van der Waals surface area (Å²) >= 11 is 5.90. The smallest absolute Gasteiger partial charge is 0.341 e. The van der Waals surface area contributed by atoms with E-state index in [0.29, 0.717) is 5.02 Å². The van der Waals surface area contributed by atoms with Crippen LogP contribution in [0.2, 0.25) is 5.02 Å². The summed E-state index contributed by atoms with van der Waals surface area (Å²) in [6.45, 7) is 0.0493. The lowest BCUT2D eigenvalue weighted by molar-refractivity contribution is -0.116. The van der Waals surface area contributed by atoms with Crippen LogP contribution in [0, 0.1) is 0 Å². The molecule has 10 heteroatoms. The molecule has 0 bridgehead atoms. The number of sulfone groups is 1. The average Bonchev–Trinajstić information content (AvgIpc) is 2.62. The number of rotatable bonds is 7. The van der Waals surface area contributed by atoms with Crippen molar-refractivity contribution in [1.29, 1.82) is 0 Å². The number of alkyl halides is 2. The lowest BCUT2D eigenvalue weighted by Crippen LogP contribution is -2.27. The molecule has 0 unspecified atom stereocenters. The van der Waals surface area contributed by atoms with Crippen molar-refractivity contribution in [2.75, 3.05) is 11.9 Å². The lowest BCUT2D eigenvalue weighted by Gasteiger charge is -2.08. The highest BCUT2D eigenvalue weighted by molar-refractivity contribution is 7.91. The number of hydrogen-bond acceptors (Lipinski definition) is 4. The molecule has 2 aromatic carbocycles. The van der Waals surface area contributed by atoms with Crippen LogP contribution < -0.4 is 10.6 Å². The lowest BCUT2D eigenvalue weighted by atomic mass is 10.2. The van der Waals surface area contributed by atoms with Gasteiger partial charge >= 0.3 is 5.76 Å². The minimum atomic E-state index is -4.68. The zero-order valence-corrected chi connectivity index (χ0v) is 15.4. The van der Waals surface area contributed by atoms with Gasteiger partial charge in [-0.3, -0.25) is 9.59 Å². The maximum atomic E-state index is 12.5. The van der Waals surface area contributed by atoms with Gasteiger partial charge < -0.3 is 10.6 Å². The van der Waals surface area contributed by atoms with E-state index in [1.165, 1.54) is 12.1 Å². The maximum absolute atomic E-state index is 12.5. The fraction of sp³-hybridized carbons (Fsp3) is 0.176. The van der Waals surface area contributed by atoms with Crippen LogP contribution in [-0.4, -0.2) is 32.5 Å². The monoisotopic (exact) mass is 416 g/mol. The molecule has 0 aromatic heterocycles. The fourth-order valence-electron chi connectivity index (χ4n) is 2.08. The van der Waals surface area contributed by atoms with Gasteiger partial charge in [0.25, 0.3) is 5.91 Å². The van der Waals surface area contributed by atoms with Crippen LogP contribution in [0.25, 0.3) is 0 Å². The van der Waals surface area contributed by atoms with Gasteiger partial charge in [-0.25, -0.2) is 8.42 Å². The van der Waals surface area contributed by atoms with Crippen molar-refractivity contribution in [3.8, 4) is 0 Å². The van der Waals surface area contributed by atoms with Gasteiger partial charge in [-0.05, 0) is 36.4 Å². The van der Waals surface area contributed by atoms with Gasteiger partial charge in [-0.15, -0.1) is 0 Å². The van der Waals surface area contributed by atoms with Crippen LogP contribution in [0.1, 0.15) is 16.8 Å². The summed E-state index contributed by atoms with van der Waals surface area (Å²) in [6, 6.07) is 10.8. The first-order valence-corrected chi connectivity index (χ1v) is 9.59. The van der Waals surface area contributed by atoms with Crippen molar-refractivity contribution in [1.82, 2.24) is 5.32 Å². The molecule has 0 saturated carbocycles. The standard InChI is InChI=1S/C17H15ClF2N2O4S/c18-14-4-2-1-3-13(14)16(24)21-10-9-15(23)22-11-5-7-12(8-6-11)27(25,26)17(19)20/h1-8,17H,9-10H2,(H,21,24)(H,22,23). The largest absolute Gasteiger partial charge is 0.351 e. The summed E-state index contributed by atoms with van der Waals surface area (Å²) in [5.74, 6) is -4.38. The molecule has 0 radical (unpaired) electrons. The second-order valence-electron chi connectivity index (χ2n) is 5.36. The van der Waals surface area contributed by atoms with E-state index in [1.54, 1.807) is 24.3 Å². The molecule has 2 aromatic rings. The Kier molecular flexibility index (Phi) is 6.86. The molecule has 0 aliphatic rings. The molecule has 0 spiro atoms. The van der Waals surface area contributed by atoms with E-state index in [9.17, 15) is 26.8 Å². The van der Waals surface area contributed by atoms with Gasteiger partial charge in [0.1, 0.15) is 0 Å². The number of halogens is 3. The molecule has 2 rings (SSSR count). The van der Waals surface area contributed by atoms with Gasteiger partial charge in [0.15, 0.2) is 0 Å². The van der Waals surface area contributed by atoms with E-state index in [0.717, 1.165) is 12.1 Å². The summed E-state index contributed by atoms with van der Waals surface area (Å²) in [4.78, 5) is 23.3. The Morgan fingerprint density at radius 1 is 1.04 bits per heavy atom. The third-order valence-corrected chi connectivity index (χ3v) is 5.19. The van der Waals surface area contributed by atoms with Crippen LogP contribution in [0.15, 0.2) is 53.4 Å². The Bertz CT molecular complexity index is 934. The van der Waals surface area contributed by atoms with Crippen molar-refractivity contribution in [2.45, 2.75) is 17.1 Å². The molecule has 0 fully saturated rings. The highest BCUT2D eigenvalue weighted by Gasteiger charge is 2.26. The first-order valence-electron chi connectivity index (χ1n) is 7.66. The Morgan fingerprint density at radius 3 is 2.26 bits per heavy atom. The average molecular weight is 417 g/mol. The highest BCUT2D eigenvalue weighted by atomic mass is 35.5. The van der Waals surface area contributed by atoms with Crippen LogP contribution in [0.4, 0.5) is 14.5 Å². The zero-order chi connectivity index (χ0) is 20.0. The third kappa shape index (κ3) is 5.48. The second-order valence-corrected chi connectivity index (χ2v) is 7.69. The third-order valence-electron chi connectivity index (χ3n) is 3.46. The van der Waals surface area contributed by atoms with Crippen molar-refractivity contribution < 1.29 is 26.8 Å². The molecule has 2 N–H and O–H groups in total. The molecular formula is C17H15ClF2N2O4S. The molecule has 27 heavy (non-hydrogen) atoms. The number of nitrogens with one attached hydrogen (secondary N) is 2. The van der Waals surface area contributed by atoms with E-state index in [2.05, 4.69) is 10.6 Å². The fourth-order valence-corrected chi connectivity index (χ4v) is 3.03. The molecule has 144 valence electrons. The van der Waals surface area contributed by atoms with Crippen LogP contribution in [0.5, 0.6) is 0 Å². The second kappa shape index (κ2) is 8.92. The molecule has 0 saturated heterocycles. The normalized spacial score (nSPS) is 11.3. The minimum absolute atomic E-state index is 0.0483. The molecule has 6 nitrogen and oxygen atoms in total. The quantitative estimate of drug-likeness (QED) is 0.725. The van der Waals surface area contributed by atoms with E-state index in [-0.39, 0.29) is 24.2 Å². The number of anilines is 1. The van der Waals surface area contributed by atoms with Gasteiger partial charge in [0.2, 0.25) is 15.7 Å². The number of amides is 2. The summed E-state index contributed by atoms with van der Waals surface area (Å²) in [5.41, 5.74) is 0.529.